The minimum Gasteiger partial charge on any atom is -0.497 e. The summed E-state index contributed by atoms with van der Waals surface area (Å²) in [5, 5.41) is 0. The predicted molar refractivity (Wildman–Crippen MR) is 113 cm³/mol. The van der Waals surface area contributed by atoms with Crippen molar-refractivity contribution in [2.45, 2.75) is 31.3 Å². The van der Waals surface area contributed by atoms with Crippen molar-refractivity contribution in [1.29, 1.82) is 0 Å². The smallest absolute Gasteiger partial charge is 0.327 e. The third-order valence-corrected chi connectivity index (χ3v) is 6.36. The van der Waals surface area contributed by atoms with Crippen molar-refractivity contribution in [1.82, 2.24) is 19.7 Å². The van der Waals surface area contributed by atoms with Crippen LogP contribution in [0.4, 0.5) is 4.79 Å². The molecular formula is C23H28N4O3. The molecule has 0 saturated carbocycles. The third kappa shape index (κ3) is 3.77. The Hall–Kier alpha value is -2.93. The van der Waals surface area contributed by atoms with E-state index in [0.29, 0.717) is 25.8 Å². The summed E-state index contributed by atoms with van der Waals surface area (Å²) >= 11 is 0. The molecule has 158 valence electrons. The number of aromatic nitrogens is 1. The maximum Gasteiger partial charge on any atom is 0.327 e. The molecule has 2 saturated heterocycles. The molecule has 0 aliphatic carbocycles. The van der Waals surface area contributed by atoms with Crippen LogP contribution in [0.15, 0.2) is 48.8 Å². The Balaban J connectivity index is 1.44. The van der Waals surface area contributed by atoms with E-state index in [2.05, 4.69) is 9.88 Å². The number of hydrogen-bond donors (Lipinski definition) is 0. The molecule has 7 nitrogen and oxygen atoms in total. The van der Waals surface area contributed by atoms with Gasteiger partial charge in [0.1, 0.15) is 11.3 Å². The first-order valence-corrected chi connectivity index (χ1v) is 10.4. The van der Waals surface area contributed by atoms with Crippen LogP contribution in [0.3, 0.4) is 0 Å². The molecule has 2 aliphatic heterocycles. The molecule has 2 aromatic rings. The number of methoxy groups -OCH3 is 1. The minimum atomic E-state index is -0.715. The Bertz CT molecular complexity index is 892. The number of carbonyl (C=O) groups is 2. The Morgan fingerprint density at radius 1 is 1.00 bits per heavy atom. The number of hydrogen-bond acceptors (Lipinski definition) is 5. The van der Waals surface area contributed by atoms with Crippen molar-refractivity contribution in [3.63, 3.8) is 0 Å². The first-order valence-electron chi connectivity index (χ1n) is 10.4. The zero-order valence-electron chi connectivity index (χ0n) is 17.6. The number of piperidine rings is 1. The Labute approximate surface area is 177 Å². The molecule has 1 aromatic carbocycles. The van der Waals surface area contributed by atoms with E-state index in [1.54, 1.807) is 26.6 Å². The molecule has 30 heavy (non-hydrogen) atoms. The molecule has 1 spiro atoms. The van der Waals surface area contributed by atoms with Crippen LogP contribution in [0.5, 0.6) is 5.75 Å². The van der Waals surface area contributed by atoms with Gasteiger partial charge in [-0.2, -0.15) is 0 Å². The molecule has 4 rings (SSSR count). The summed E-state index contributed by atoms with van der Waals surface area (Å²) < 4.78 is 5.21. The lowest BCUT2D eigenvalue weighted by molar-refractivity contribution is -0.134. The number of amides is 3. The van der Waals surface area contributed by atoms with E-state index in [0.717, 1.165) is 30.9 Å². The quantitative estimate of drug-likeness (QED) is 0.688. The minimum absolute atomic E-state index is 0.0641. The molecule has 0 N–H and O–H groups in total. The fraction of sp³-hybridized carbons (Fsp3) is 0.435. The van der Waals surface area contributed by atoms with Crippen molar-refractivity contribution < 1.29 is 14.3 Å². The van der Waals surface area contributed by atoms with E-state index in [9.17, 15) is 9.59 Å². The summed E-state index contributed by atoms with van der Waals surface area (Å²) in [4.78, 5) is 35.5. The standard InChI is InChI=1S/C23H28N4O3/c1-25-21(28)23(10-15-26(16-11-23)17-19-7-12-24-13-8-19)27(22(25)29)14-9-18-3-5-20(30-2)6-4-18/h3-8,12-13H,9-11,14-17H2,1-2H3. The molecule has 3 amide bonds. The maximum absolute atomic E-state index is 13.1. The van der Waals surface area contributed by atoms with Gasteiger partial charge in [0.05, 0.1) is 7.11 Å². The fourth-order valence-electron chi connectivity index (χ4n) is 4.53. The first-order chi connectivity index (χ1) is 14.5. The monoisotopic (exact) mass is 408 g/mol. The van der Waals surface area contributed by atoms with Crippen LogP contribution in [0.2, 0.25) is 0 Å². The maximum atomic E-state index is 13.1. The van der Waals surface area contributed by atoms with Gasteiger partial charge in [-0.3, -0.25) is 19.6 Å². The van der Waals surface area contributed by atoms with Gasteiger partial charge in [-0.25, -0.2) is 4.79 Å². The first kappa shape index (κ1) is 20.3. The highest BCUT2D eigenvalue weighted by atomic mass is 16.5. The molecule has 2 aliphatic rings. The van der Waals surface area contributed by atoms with Crippen molar-refractivity contribution in [3.8, 4) is 5.75 Å². The number of nitrogens with zero attached hydrogens (tertiary/aromatic N) is 4. The van der Waals surface area contributed by atoms with Crippen molar-refractivity contribution >= 4 is 11.9 Å². The zero-order valence-corrected chi connectivity index (χ0v) is 17.6. The van der Waals surface area contributed by atoms with Crippen molar-refractivity contribution in [2.24, 2.45) is 0 Å². The van der Waals surface area contributed by atoms with Gasteiger partial charge in [0.25, 0.3) is 5.91 Å². The van der Waals surface area contributed by atoms with E-state index in [4.69, 9.17) is 4.74 Å². The summed E-state index contributed by atoms with van der Waals surface area (Å²) in [5.41, 5.74) is 1.62. The normalized spacial score (nSPS) is 19.0. The van der Waals surface area contributed by atoms with Gasteiger partial charge < -0.3 is 9.64 Å². The van der Waals surface area contributed by atoms with E-state index >= 15 is 0 Å². The van der Waals surface area contributed by atoms with Crippen molar-refractivity contribution in [2.75, 3.05) is 33.8 Å². The average molecular weight is 409 g/mol. The highest BCUT2D eigenvalue weighted by Crippen LogP contribution is 2.37. The van der Waals surface area contributed by atoms with Gasteiger partial charge in [0, 0.05) is 45.6 Å². The summed E-state index contributed by atoms with van der Waals surface area (Å²) in [5.74, 6) is 0.745. The molecule has 0 atom stereocenters. The third-order valence-electron chi connectivity index (χ3n) is 6.36. The number of pyridine rings is 1. The average Bonchev–Trinajstić information content (AvgIpc) is 2.96. The number of urea groups is 1. The highest BCUT2D eigenvalue weighted by Gasteiger charge is 2.56. The summed E-state index contributed by atoms with van der Waals surface area (Å²) in [6.07, 6.45) is 5.64. The molecule has 3 heterocycles. The Kier molecular flexibility index (Phi) is 5.72. The second kappa shape index (κ2) is 8.44. The second-order valence-corrected chi connectivity index (χ2v) is 8.06. The summed E-state index contributed by atoms with van der Waals surface area (Å²) in [6.45, 7) is 2.94. The lowest BCUT2D eigenvalue weighted by Gasteiger charge is -2.42. The van der Waals surface area contributed by atoms with E-state index in [1.165, 1.54) is 10.5 Å². The van der Waals surface area contributed by atoms with Crippen LogP contribution in [0, 0.1) is 0 Å². The van der Waals surface area contributed by atoms with Crippen LogP contribution >= 0.6 is 0 Å². The fourth-order valence-corrected chi connectivity index (χ4v) is 4.53. The van der Waals surface area contributed by atoms with Gasteiger partial charge in [-0.05, 0) is 54.7 Å². The number of likely N-dealkylation sites (N-methyl/N-ethyl adjacent to an activating group) is 1. The predicted octanol–water partition coefficient (Wildman–Crippen LogP) is 2.56. The van der Waals surface area contributed by atoms with Crippen LogP contribution in [0.25, 0.3) is 0 Å². The zero-order chi connectivity index (χ0) is 21.1. The van der Waals surface area contributed by atoms with Crippen LogP contribution in [-0.4, -0.2) is 71.0 Å². The highest BCUT2D eigenvalue weighted by molar-refractivity contribution is 6.06. The number of imide groups is 1. The van der Waals surface area contributed by atoms with Gasteiger partial charge in [-0.1, -0.05) is 12.1 Å². The van der Waals surface area contributed by atoms with Crippen LogP contribution in [-0.2, 0) is 17.8 Å². The lowest BCUT2D eigenvalue weighted by atomic mass is 9.85. The molecule has 2 fully saturated rings. The van der Waals surface area contributed by atoms with Gasteiger partial charge in [0.15, 0.2) is 0 Å². The van der Waals surface area contributed by atoms with Gasteiger partial charge in [0.2, 0.25) is 0 Å². The number of rotatable bonds is 6. The second-order valence-electron chi connectivity index (χ2n) is 8.06. The number of likely N-dealkylation sites (tertiary alicyclic amines) is 1. The largest absolute Gasteiger partial charge is 0.497 e. The molecule has 1 aromatic heterocycles. The van der Waals surface area contributed by atoms with E-state index < -0.39 is 5.54 Å². The number of ether oxygens (including phenoxy) is 1. The molecule has 7 heteroatoms. The molecular weight excluding hydrogens is 380 g/mol. The Morgan fingerprint density at radius 3 is 2.30 bits per heavy atom. The molecule has 0 unspecified atom stereocenters. The summed E-state index contributed by atoms with van der Waals surface area (Å²) in [6, 6.07) is 11.7. The van der Waals surface area contributed by atoms with Crippen LogP contribution < -0.4 is 4.74 Å². The van der Waals surface area contributed by atoms with Gasteiger partial charge in [-0.15, -0.1) is 0 Å². The SMILES string of the molecule is COc1ccc(CCN2C(=O)N(C)C(=O)C23CCN(Cc2ccncc2)CC3)cc1. The molecule has 0 radical (unpaired) electrons. The molecule has 0 bridgehead atoms. The van der Waals surface area contributed by atoms with Crippen LogP contribution in [0.1, 0.15) is 24.0 Å². The van der Waals surface area contributed by atoms with E-state index in [1.807, 2.05) is 41.3 Å². The Morgan fingerprint density at radius 2 is 1.67 bits per heavy atom. The van der Waals surface area contributed by atoms with E-state index in [-0.39, 0.29) is 11.9 Å². The van der Waals surface area contributed by atoms with Crippen molar-refractivity contribution in [3.05, 3.63) is 59.9 Å². The number of benzene rings is 1. The topological polar surface area (TPSA) is 66.0 Å². The summed E-state index contributed by atoms with van der Waals surface area (Å²) in [7, 11) is 3.24. The number of carbonyl (C=O) groups excluding carboxylic acids is 2. The van der Waals surface area contributed by atoms with Gasteiger partial charge >= 0.3 is 6.03 Å². The lowest BCUT2D eigenvalue weighted by Crippen LogP contribution is -2.56.